The minimum absolute atomic E-state index is 0.243. The van der Waals surface area contributed by atoms with Crippen LogP contribution in [-0.2, 0) is 5.60 Å². The summed E-state index contributed by atoms with van der Waals surface area (Å²) >= 11 is 0. The van der Waals surface area contributed by atoms with E-state index < -0.39 is 17.2 Å². The maximum Gasteiger partial charge on any atom is 0.160 e. The van der Waals surface area contributed by atoms with Crippen molar-refractivity contribution in [1.29, 1.82) is 0 Å². The number of aromatic nitrogens is 2. The van der Waals surface area contributed by atoms with Gasteiger partial charge in [-0.05, 0) is 45.0 Å². The Morgan fingerprint density at radius 3 is 2.32 bits per heavy atom. The molecule has 0 fully saturated rings. The molecule has 0 aliphatic heterocycles. The van der Waals surface area contributed by atoms with Crippen LogP contribution in [0.15, 0.2) is 24.3 Å². The molecule has 0 atom stereocenters. The average molecular weight is 264 g/mol. The summed E-state index contributed by atoms with van der Waals surface area (Å²) in [6.07, 6.45) is 0. The van der Waals surface area contributed by atoms with E-state index >= 15 is 0 Å². The molecule has 0 amide bonds. The average Bonchev–Trinajstić information content (AvgIpc) is 2.31. The van der Waals surface area contributed by atoms with E-state index in [-0.39, 0.29) is 5.82 Å². The van der Waals surface area contributed by atoms with Crippen molar-refractivity contribution in [2.45, 2.75) is 26.4 Å². The number of benzene rings is 1. The zero-order valence-corrected chi connectivity index (χ0v) is 10.9. The molecule has 0 aliphatic rings. The lowest BCUT2D eigenvalue weighted by molar-refractivity contribution is 0.0686. The van der Waals surface area contributed by atoms with E-state index in [4.69, 9.17) is 0 Å². The van der Waals surface area contributed by atoms with Gasteiger partial charge in [-0.25, -0.2) is 18.7 Å². The third-order valence-corrected chi connectivity index (χ3v) is 2.62. The number of aliphatic hydroxyl groups is 1. The summed E-state index contributed by atoms with van der Waals surface area (Å²) in [5.74, 6) is -1.59. The van der Waals surface area contributed by atoms with Crippen LogP contribution in [0.4, 0.5) is 8.78 Å². The minimum atomic E-state index is -1.20. The highest BCUT2D eigenvalue weighted by molar-refractivity contribution is 5.59. The van der Waals surface area contributed by atoms with E-state index in [1.165, 1.54) is 6.07 Å². The van der Waals surface area contributed by atoms with Crippen LogP contribution < -0.4 is 0 Å². The van der Waals surface area contributed by atoms with Gasteiger partial charge in [-0.15, -0.1) is 0 Å². The summed E-state index contributed by atoms with van der Waals surface area (Å²) in [7, 11) is 0. The second-order valence-electron chi connectivity index (χ2n) is 4.91. The highest BCUT2D eigenvalue weighted by atomic mass is 19.2. The first-order chi connectivity index (χ1) is 8.77. The molecular formula is C14H14F2N2O. The van der Waals surface area contributed by atoms with E-state index in [0.29, 0.717) is 17.0 Å². The molecule has 0 radical (unpaired) electrons. The van der Waals surface area contributed by atoms with Crippen molar-refractivity contribution in [2.24, 2.45) is 0 Å². The second kappa shape index (κ2) is 4.66. The fourth-order valence-electron chi connectivity index (χ4n) is 1.65. The van der Waals surface area contributed by atoms with Gasteiger partial charge >= 0.3 is 0 Å². The van der Waals surface area contributed by atoms with Gasteiger partial charge in [-0.2, -0.15) is 0 Å². The van der Waals surface area contributed by atoms with E-state index in [0.717, 1.165) is 12.1 Å². The van der Waals surface area contributed by atoms with Gasteiger partial charge in [0.05, 0.1) is 5.69 Å². The molecule has 1 heterocycles. The summed E-state index contributed by atoms with van der Waals surface area (Å²) in [4.78, 5) is 8.34. The van der Waals surface area contributed by atoms with Crippen molar-refractivity contribution in [1.82, 2.24) is 9.97 Å². The zero-order chi connectivity index (χ0) is 14.2. The Kier molecular flexibility index (Phi) is 3.32. The third kappa shape index (κ3) is 2.93. The van der Waals surface area contributed by atoms with Crippen molar-refractivity contribution in [3.8, 4) is 11.3 Å². The van der Waals surface area contributed by atoms with Crippen molar-refractivity contribution >= 4 is 0 Å². The molecule has 0 bridgehead atoms. The summed E-state index contributed by atoms with van der Waals surface area (Å²) in [6.45, 7) is 4.88. The zero-order valence-electron chi connectivity index (χ0n) is 10.9. The van der Waals surface area contributed by atoms with Crippen LogP contribution >= 0.6 is 0 Å². The highest BCUT2D eigenvalue weighted by Gasteiger charge is 2.21. The van der Waals surface area contributed by atoms with Crippen LogP contribution in [0.25, 0.3) is 11.3 Å². The van der Waals surface area contributed by atoms with Crippen LogP contribution in [-0.4, -0.2) is 15.1 Å². The standard InChI is InChI=1S/C14H14F2N2O/c1-8-6-12(18-13(17-8)14(2,3)19)9-4-5-10(15)11(16)7-9/h4-7,19H,1-3H3. The Morgan fingerprint density at radius 2 is 1.74 bits per heavy atom. The van der Waals surface area contributed by atoms with Crippen molar-refractivity contribution in [3.05, 3.63) is 47.4 Å². The molecule has 1 N–H and O–H groups in total. The summed E-state index contributed by atoms with van der Waals surface area (Å²) in [6, 6.07) is 5.22. The first kappa shape index (κ1) is 13.5. The fourth-order valence-corrected chi connectivity index (χ4v) is 1.65. The smallest absolute Gasteiger partial charge is 0.160 e. The normalized spacial score (nSPS) is 11.7. The Hall–Kier alpha value is -1.88. The number of hydrogen-bond acceptors (Lipinski definition) is 3. The van der Waals surface area contributed by atoms with Gasteiger partial charge in [0.15, 0.2) is 17.5 Å². The van der Waals surface area contributed by atoms with Crippen LogP contribution in [0.5, 0.6) is 0 Å². The first-order valence-corrected chi connectivity index (χ1v) is 5.81. The molecule has 100 valence electrons. The van der Waals surface area contributed by atoms with Gasteiger partial charge in [-0.3, -0.25) is 0 Å². The molecular weight excluding hydrogens is 250 g/mol. The largest absolute Gasteiger partial charge is 0.382 e. The lowest BCUT2D eigenvalue weighted by Gasteiger charge is -2.17. The number of nitrogens with zero attached hydrogens (tertiary/aromatic N) is 2. The van der Waals surface area contributed by atoms with Gasteiger partial charge in [0.1, 0.15) is 5.60 Å². The van der Waals surface area contributed by atoms with Crippen molar-refractivity contribution < 1.29 is 13.9 Å². The highest BCUT2D eigenvalue weighted by Crippen LogP contribution is 2.23. The Balaban J connectivity index is 2.56. The van der Waals surface area contributed by atoms with E-state index in [1.54, 1.807) is 26.8 Å². The van der Waals surface area contributed by atoms with Gasteiger partial charge in [0.2, 0.25) is 0 Å². The van der Waals surface area contributed by atoms with Gasteiger partial charge in [-0.1, -0.05) is 0 Å². The fraction of sp³-hybridized carbons (Fsp3) is 0.286. The van der Waals surface area contributed by atoms with Crippen molar-refractivity contribution in [2.75, 3.05) is 0 Å². The number of halogens is 2. The van der Waals surface area contributed by atoms with Crippen molar-refractivity contribution in [3.63, 3.8) is 0 Å². The number of hydrogen-bond donors (Lipinski definition) is 1. The van der Waals surface area contributed by atoms with Gasteiger partial charge in [0, 0.05) is 11.3 Å². The molecule has 0 aliphatic carbocycles. The SMILES string of the molecule is Cc1cc(-c2ccc(F)c(F)c2)nc(C(C)(C)O)n1. The summed E-state index contributed by atoms with van der Waals surface area (Å²) in [5.41, 5.74) is 0.338. The monoisotopic (exact) mass is 264 g/mol. The summed E-state index contributed by atoms with van der Waals surface area (Å²) < 4.78 is 26.1. The molecule has 0 unspecified atom stereocenters. The molecule has 1 aromatic heterocycles. The molecule has 1 aromatic carbocycles. The maximum absolute atomic E-state index is 13.2. The van der Waals surface area contributed by atoms with E-state index in [2.05, 4.69) is 9.97 Å². The Morgan fingerprint density at radius 1 is 1.05 bits per heavy atom. The molecule has 2 aromatic rings. The molecule has 3 nitrogen and oxygen atoms in total. The Bertz CT molecular complexity index is 621. The second-order valence-corrected chi connectivity index (χ2v) is 4.91. The van der Waals surface area contributed by atoms with Crippen LogP contribution in [0.3, 0.4) is 0 Å². The predicted octanol–water partition coefficient (Wildman–Crippen LogP) is 2.96. The molecule has 0 saturated heterocycles. The minimum Gasteiger partial charge on any atom is -0.382 e. The molecule has 19 heavy (non-hydrogen) atoms. The number of rotatable bonds is 2. The van der Waals surface area contributed by atoms with E-state index in [1.807, 2.05) is 0 Å². The topological polar surface area (TPSA) is 46.0 Å². The van der Waals surface area contributed by atoms with E-state index in [9.17, 15) is 13.9 Å². The quantitative estimate of drug-likeness (QED) is 0.907. The van der Waals surface area contributed by atoms with Gasteiger partial charge in [0.25, 0.3) is 0 Å². The predicted molar refractivity (Wildman–Crippen MR) is 67.4 cm³/mol. The molecule has 5 heteroatoms. The lowest BCUT2D eigenvalue weighted by Crippen LogP contribution is -2.20. The van der Waals surface area contributed by atoms with Gasteiger partial charge < -0.3 is 5.11 Å². The number of aryl methyl sites for hydroxylation is 1. The lowest BCUT2D eigenvalue weighted by atomic mass is 10.1. The van der Waals surface area contributed by atoms with Crippen LogP contribution in [0.2, 0.25) is 0 Å². The molecule has 0 saturated carbocycles. The van der Waals surface area contributed by atoms with Crippen LogP contribution in [0.1, 0.15) is 25.4 Å². The summed E-state index contributed by atoms with van der Waals surface area (Å²) in [5, 5.41) is 9.92. The molecule has 0 spiro atoms. The Labute approximate surface area is 110 Å². The van der Waals surface area contributed by atoms with Crippen LogP contribution in [0, 0.1) is 18.6 Å². The molecule has 2 rings (SSSR count). The maximum atomic E-state index is 13.2. The third-order valence-electron chi connectivity index (χ3n) is 2.62. The first-order valence-electron chi connectivity index (χ1n) is 5.81.